The maximum absolute atomic E-state index is 13.2. The van der Waals surface area contributed by atoms with Crippen LogP contribution in [0.25, 0.3) is 10.8 Å². The van der Waals surface area contributed by atoms with Crippen LogP contribution >= 0.6 is 0 Å². The van der Waals surface area contributed by atoms with E-state index in [9.17, 15) is 14.0 Å². The third-order valence-electron chi connectivity index (χ3n) is 2.74. The van der Waals surface area contributed by atoms with Crippen molar-refractivity contribution in [3.63, 3.8) is 0 Å². The minimum Gasteiger partial charge on any atom is -0.417 e. The van der Waals surface area contributed by atoms with Gasteiger partial charge in [-0.05, 0) is 35.7 Å². The Morgan fingerprint density at radius 2 is 1.95 bits per heavy atom. The Balaban J connectivity index is 2.00. The van der Waals surface area contributed by atoms with Crippen molar-refractivity contribution in [2.24, 2.45) is 0 Å². The summed E-state index contributed by atoms with van der Waals surface area (Å²) in [7, 11) is 0. The molecule has 0 radical (unpaired) electrons. The Morgan fingerprint density at radius 1 is 1.19 bits per heavy atom. The van der Waals surface area contributed by atoms with Gasteiger partial charge in [-0.1, -0.05) is 0 Å². The molecule has 0 unspecified atom stereocenters. The smallest absolute Gasteiger partial charge is 0.344 e. The van der Waals surface area contributed by atoms with Crippen LogP contribution in [0.3, 0.4) is 0 Å². The molecule has 21 heavy (non-hydrogen) atoms. The highest BCUT2D eigenvalue weighted by Gasteiger charge is 2.13. The van der Waals surface area contributed by atoms with Crippen LogP contribution in [0.5, 0.6) is 0 Å². The lowest BCUT2D eigenvalue weighted by Gasteiger charge is -2.03. The van der Waals surface area contributed by atoms with E-state index in [-0.39, 0.29) is 22.5 Å². The second-order valence-electron chi connectivity index (χ2n) is 4.16. The number of benzene rings is 1. The van der Waals surface area contributed by atoms with Crippen LogP contribution in [0.4, 0.5) is 10.3 Å². The summed E-state index contributed by atoms with van der Waals surface area (Å²) in [4.78, 5) is 31.4. The second-order valence-corrected chi connectivity index (χ2v) is 4.16. The van der Waals surface area contributed by atoms with Crippen LogP contribution in [-0.4, -0.2) is 15.9 Å². The van der Waals surface area contributed by atoms with Crippen LogP contribution in [0.1, 0.15) is 10.6 Å². The molecule has 0 atom stereocenters. The number of hydrogen-bond acceptors (Lipinski definition) is 5. The third kappa shape index (κ3) is 2.62. The highest BCUT2D eigenvalue weighted by Crippen LogP contribution is 2.14. The molecule has 2 aromatic heterocycles. The van der Waals surface area contributed by atoms with Crippen LogP contribution in [-0.2, 0) is 0 Å². The average Bonchev–Trinajstić information content (AvgIpc) is 2.47. The number of hydrogen-bond donors (Lipinski definition) is 1. The number of amides is 1. The molecule has 104 valence electrons. The van der Waals surface area contributed by atoms with Crippen molar-refractivity contribution >= 4 is 22.6 Å². The first-order valence-electron chi connectivity index (χ1n) is 5.95. The van der Waals surface area contributed by atoms with Crippen molar-refractivity contribution in [1.82, 2.24) is 9.97 Å². The van der Waals surface area contributed by atoms with Crippen molar-refractivity contribution in [1.29, 1.82) is 0 Å². The van der Waals surface area contributed by atoms with Gasteiger partial charge < -0.3 is 4.42 Å². The normalized spacial score (nSPS) is 10.5. The highest BCUT2D eigenvalue weighted by atomic mass is 19.1. The molecule has 0 fully saturated rings. The van der Waals surface area contributed by atoms with E-state index >= 15 is 0 Å². The summed E-state index contributed by atoms with van der Waals surface area (Å²) in [5.74, 6) is -1.37. The molecule has 1 aromatic carbocycles. The van der Waals surface area contributed by atoms with Gasteiger partial charge in [0.1, 0.15) is 5.82 Å². The number of anilines is 1. The van der Waals surface area contributed by atoms with Crippen LogP contribution in [0.15, 0.2) is 51.9 Å². The van der Waals surface area contributed by atoms with Gasteiger partial charge in [0.05, 0.1) is 5.39 Å². The van der Waals surface area contributed by atoms with Gasteiger partial charge in [-0.15, -0.1) is 0 Å². The van der Waals surface area contributed by atoms with Gasteiger partial charge in [-0.25, -0.2) is 19.2 Å². The van der Waals surface area contributed by atoms with Gasteiger partial charge in [0, 0.05) is 12.4 Å². The minimum absolute atomic E-state index is 0.0736. The minimum atomic E-state index is -0.716. The molecule has 1 amide bonds. The fourth-order valence-electron chi connectivity index (χ4n) is 1.80. The Hall–Kier alpha value is -3.09. The fourth-order valence-corrected chi connectivity index (χ4v) is 1.80. The van der Waals surface area contributed by atoms with E-state index in [2.05, 4.69) is 15.3 Å². The summed E-state index contributed by atoms with van der Waals surface area (Å²) in [6, 6.07) is 6.49. The van der Waals surface area contributed by atoms with E-state index in [0.717, 1.165) is 12.1 Å². The standard InChI is InChI=1S/C14H8FN3O3/c15-9-2-3-10-8(6-9)7-11(21-13(10)20)12(19)18-14-16-4-1-5-17-14/h1-7H,(H,16,17,18,19). The number of aromatic nitrogens is 2. The topological polar surface area (TPSA) is 85.1 Å². The first-order chi connectivity index (χ1) is 10.1. The molecule has 2 heterocycles. The lowest BCUT2D eigenvalue weighted by molar-refractivity contribution is 0.0992. The molecule has 0 aliphatic heterocycles. The molecule has 3 rings (SSSR count). The zero-order valence-electron chi connectivity index (χ0n) is 10.5. The first kappa shape index (κ1) is 12.9. The van der Waals surface area contributed by atoms with Gasteiger partial charge in [0.25, 0.3) is 5.91 Å². The molecule has 0 spiro atoms. The summed E-state index contributed by atoms with van der Waals surface area (Å²) in [6.45, 7) is 0. The molecule has 3 aromatic rings. The van der Waals surface area contributed by atoms with Gasteiger partial charge >= 0.3 is 5.63 Å². The number of halogens is 1. The lowest BCUT2D eigenvalue weighted by atomic mass is 10.1. The number of fused-ring (bicyclic) bond motifs is 1. The largest absolute Gasteiger partial charge is 0.417 e. The van der Waals surface area contributed by atoms with E-state index < -0.39 is 17.3 Å². The molecule has 0 saturated carbocycles. The van der Waals surface area contributed by atoms with Crippen molar-refractivity contribution in [3.05, 3.63) is 64.7 Å². The monoisotopic (exact) mass is 285 g/mol. The summed E-state index contributed by atoms with van der Waals surface area (Å²) >= 11 is 0. The van der Waals surface area contributed by atoms with Crippen molar-refractivity contribution in [2.45, 2.75) is 0 Å². The predicted molar refractivity (Wildman–Crippen MR) is 72.4 cm³/mol. The lowest BCUT2D eigenvalue weighted by Crippen LogP contribution is -2.16. The maximum Gasteiger partial charge on any atom is 0.344 e. The van der Waals surface area contributed by atoms with E-state index in [1.807, 2.05) is 0 Å². The number of rotatable bonds is 2. The van der Waals surface area contributed by atoms with Crippen molar-refractivity contribution < 1.29 is 13.6 Å². The molecule has 7 heteroatoms. The molecule has 0 aliphatic carbocycles. The molecule has 6 nitrogen and oxygen atoms in total. The van der Waals surface area contributed by atoms with Gasteiger partial charge in [-0.3, -0.25) is 10.1 Å². The Labute approximate surface area is 117 Å². The van der Waals surface area contributed by atoms with Crippen molar-refractivity contribution in [3.8, 4) is 0 Å². The summed E-state index contributed by atoms with van der Waals surface area (Å²) in [5.41, 5.74) is -0.716. The fraction of sp³-hybridized carbons (Fsp3) is 0. The molecule has 0 bridgehead atoms. The molecular formula is C14H8FN3O3. The predicted octanol–water partition coefficient (Wildman–Crippen LogP) is 1.97. The zero-order chi connectivity index (χ0) is 14.8. The Bertz CT molecular complexity index is 878. The summed E-state index contributed by atoms with van der Waals surface area (Å²) < 4.78 is 18.1. The summed E-state index contributed by atoms with van der Waals surface area (Å²) in [6.07, 6.45) is 2.91. The third-order valence-corrected chi connectivity index (χ3v) is 2.74. The maximum atomic E-state index is 13.2. The molecule has 1 N–H and O–H groups in total. The Kier molecular flexibility index (Phi) is 3.15. The summed E-state index contributed by atoms with van der Waals surface area (Å²) in [5, 5.41) is 2.86. The van der Waals surface area contributed by atoms with Gasteiger partial charge in [0.15, 0.2) is 5.76 Å². The molecule has 0 aliphatic rings. The number of carbonyl (C=O) groups excluding carboxylic acids is 1. The zero-order valence-corrected chi connectivity index (χ0v) is 10.5. The quantitative estimate of drug-likeness (QED) is 0.778. The SMILES string of the molecule is O=C(Nc1ncccn1)c1cc2cc(F)ccc2c(=O)o1. The van der Waals surface area contributed by atoms with Crippen LogP contribution in [0, 0.1) is 5.82 Å². The second kappa shape index (κ2) is 5.12. The van der Waals surface area contributed by atoms with Gasteiger partial charge in [-0.2, -0.15) is 0 Å². The molecular weight excluding hydrogens is 277 g/mol. The number of carbonyl (C=O) groups is 1. The number of nitrogens with one attached hydrogen (secondary N) is 1. The number of nitrogens with zero attached hydrogens (tertiary/aromatic N) is 2. The van der Waals surface area contributed by atoms with E-state index in [4.69, 9.17) is 4.42 Å². The van der Waals surface area contributed by atoms with E-state index in [1.165, 1.54) is 24.5 Å². The van der Waals surface area contributed by atoms with Crippen molar-refractivity contribution in [2.75, 3.05) is 5.32 Å². The average molecular weight is 285 g/mol. The van der Waals surface area contributed by atoms with E-state index in [1.54, 1.807) is 6.07 Å². The van der Waals surface area contributed by atoms with Crippen LogP contribution in [0.2, 0.25) is 0 Å². The molecule has 0 saturated heterocycles. The van der Waals surface area contributed by atoms with E-state index in [0.29, 0.717) is 0 Å². The Morgan fingerprint density at radius 3 is 2.71 bits per heavy atom. The first-order valence-corrected chi connectivity index (χ1v) is 5.95. The van der Waals surface area contributed by atoms with Crippen LogP contribution < -0.4 is 10.9 Å². The van der Waals surface area contributed by atoms with Gasteiger partial charge in [0.2, 0.25) is 5.95 Å². The highest BCUT2D eigenvalue weighted by molar-refractivity contribution is 6.02.